The second-order valence-corrected chi connectivity index (χ2v) is 10.6. The van der Waals surface area contributed by atoms with Crippen molar-refractivity contribution < 1.29 is 38.1 Å². The summed E-state index contributed by atoms with van der Waals surface area (Å²) in [7, 11) is 3.24. The largest absolute Gasteiger partial charge is 0.497 e. The Morgan fingerprint density at radius 2 is 1.09 bits per heavy atom. The highest BCUT2D eigenvalue weighted by atomic mass is 16.5. The van der Waals surface area contributed by atoms with Crippen molar-refractivity contribution in [3.63, 3.8) is 0 Å². The van der Waals surface area contributed by atoms with Crippen molar-refractivity contribution in [2.45, 2.75) is 64.5 Å². The summed E-state index contributed by atoms with van der Waals surface area (Å²) >= 11 is 0. The summed E-state index contributed by atoms with van der Waals surface area (Å²) in [4.78, 5) is 53.1. The average Bonchev–Trinajstić information content (AvgIpc) is 3.04. The lowest BCUT2D eigenvalue weighted by Crippen LogP contribution is -2.66. The molecule has 2 atom stereocenters. The fraction of sp³-hybridized carbons (Fsp3) is 0.389. The Kier molecular flexibility index (Phi) is 13.6. The highest BCUT2D eigenvalue weighted by Gasteiger charge is 2.52. The molecular weight excluding hydrogens is 574 g/mol. The molecule has 1 saturated heterocycles. The standard InChI is InChI=1S/C35H39NO8.CH4/c1-41-28-18-14-25(15-19-28)10-6-8-22-43-34(39)30-24-31(36(30)33(38)32(37)27-12-4-3-5-13-27)35(40)44-23-9-7-11-26-16-20-29(42-2)21-17-26;/h3-5,12-21,30-31H,6-11,22-24H2,1-2H3;1H4/t30-,31-;/m0./s1. The smallest absolute Gasteiger partial charge is 0.328 e. The third-order valence-corrected chi connectivity index (χ3v) is 7.65. The molecule has 1 aliphatic heterocycles. The van der Waals surface area contributed by atoms with Gasteiger partial charge in [-0.1, -0.05) is 62.0 Å². The van der Waals surface area contributed by atoms with Crippen LogP contribution in [0, 0.1) is 0 Å². The van der Waals surface area contributed by atoms with Crippen LogP contribution < -0.4 is 9.47 Å². The molecule has 0 saturated carbocycles. The van der Waals surface area contributed by atoms with E-state index in [1.54, 1.807) is 32.4 Å². The molecule has 1 aliphatic rings. The minimum Gasteiger partial charge on any atom is -0.497 e. The van der Waals surface area contributed by atoms with Crippen molar-refractivity contribution in [1.29, 1.82) is 0 Å². The molecule has 1 heterocycles. The van der Waals surface area contributed by atoms with E-state index in [1.165, 1.54) is 12.1 Å². The SMILES string of the molecule is C.COc1ccc(CCCCOC(=O)[C@@H]2C[C@@H](C(=O)OCCCCc3ccc(OC)cc3)N2C(=O)C(=O)c2ccccc2)cc1. The number of ketones is 1. The van der Waals surface area contributed by atoms with Crippen LogP contribution in [-0.2, 0) is 36.7 Å². The molecule has 3 aromatic rings. The lowest BCUT2D eigenvalue weighted by Gasteiger charge is -2.44. The molecule has 240 valence electrons. The molecule has 45 heavy (non-hydrogen) atoms. The van der Waals surface area contributed by atoms with Gasteiger partial charge in [0.15, 0.2) is 0 Å². The minimum absolute atomic E-state index is 0. The van der Waals surface area contributed by atoms with Crippen molar-refractivity contribution >= 4 is 23.6 Å². The van der Waals surface area contributed by atoms with Crippen molar-refractivity contribution in [2.75, 3.05) is 27.4 Å². The zero-order chi connectivity index (χ0) is 31.3. The summed E-state index contributed by atoms with van der Waals surface area (Å²) in [6.07, 6.45) is 4.53. The lowest BCUT2D eigenvalue weighted by atomic mass is 9.91. The van der Waals surface area contributed by atoms with Crippen molar-refractivity contribution in [1.82, 2.24) is 4.90 Å². The van der Waals surface area contributed by atoms with Gasteiger partial charge in [-0.2, -0.15) is 0 Å². The quantitative estimate of drug-likeness (QED) is 0.0882. The van der Waals surface area contributed by atoms with Crippen LogP contribution in [0.5, 0.6) is 11.5 Å². The second kappa shape index (κ2) is 17.6. The Bertz CT molecular complexity index is 1310. The van der Waals surface area contributed by atoms with Gasteiger partial charge in [-0.25, -0.2) is 9.59 Å². The van der Waals surface area contributed by atoms with E-state index < -0.39 is 35.7 Å². The number of ether oxygens (including phenoxy) is 4. The van der Waals surface area contributed by atoms with Crippen LogP contribution in [0.2, 0.25) is 0 Å². The Morgan fingerprint density at radius 1 is 0.644 bits per heavy atom. The van der Waals surface area contributed by atoms with Gasteiger partial charge in [-0.15, -0.1) is 0 Å². The number of esters is 2. The predicted molar refractivity (Wildman–Crippen MR) is 170 cm³/mol. The van der Waals surface area contributed by atoms with Crippen LogP contribution in [0.4, 0.5) is 0 Å². The highest BCUT2D eigenvalue weighted by Crippen LogP contribution is 2.29. The fourth-order valence-electron chi connectivity index (χ4n) is 5.04. The highest BCUT2D eigenvalue weighted by molar-refractivity contribution is 6.43. The van der Waals surface area contributed by atoms with Gasteiger partial charge in [0.05, 0.1) is 27.4 Å². The van der Waals surface area contributed by atoms with Gasteiger partial charge in [0.2, 0.25) is 5.78 Å². The number of nitrogens with zero attached hydrogens (tertiary/aromatic N) is 1. The van der Waals surface area contributed by atoms with E-state index in [4.69, 9.17) is 18.9 Å². The van der Waals surface area contributed by atoms with E-state index in [9.17, 15) is 19.2 Å². The number of hydrogen-bond acceptors (Lipinski definition) is 8. The summed E-state index contributed by atoms with van der Waals surface area (Å²) in [5, 5.41) is 0. The Morgan fingerprint density at radius 3 is 1.51 bits per heavy atom. The number of unbranched alkanes of at least 4 members (excludes halogenated alkanes) is 2. The molecule has 0 radical (unpaired) electrons. The second-order valence-electron chi connectivity index (χ2n) is 10.6. The molecule has 9 heteroatoms. The van der Waals surface area contributed by atoms with E-state index in [2.05, 4.69) is 0 Å². The van der Waals surface area contributed by atoms with Gasteiger partial charge < -0.3 is 23.8 Å². The molecule has 1 amide bonds. The van der Waals surface area contributed by atoms with Gasteiger partial charge in [-0.3, -0.25) is 9.59 Å². The van der Waals surface area contributed by atoms with Crippen molar-refractivity contribution in [2.24, 2.45) is 0 Å². The van der Waals surface area contributed by atoms with E-state index in [0.29, 0.717) is 12.8 Å². The first kappa shape index (κ1) is 34.8. The molecule has 0 aromatic heterocycles. The molecule has 0 aliphatic carbocycles. The van der Waals surface area contributed by atoms with Gasteiger partial charge >= 0.3 is 11.9 Å². The van der Waals surface area contributed by atoms with Crippen molar-refractivity contribution in [3.8, 4) is 11.5 Å². The molecule has 0 N–H and O–H groups in total. The number of benzene rings is 3. The van der Waals surface area contributed by atoms with Gasteiger partial charge in [-0.05, 0) is 73.9 Å². The lowest BCUT2D eigenvalue weighted by molar-refractivity contribution is -0.175. The topological polar surface area (TPSA) is 108 Å². The van der Waals surface area contributed by atoms with Crippen LogP contribution in [0.15, 0.2) is 78.9 Å². The monoisotopic (exact) mass is 617 g/mol. The fourth-order valence-corrected chi connectivity index (χ4v) is 5.04. The summed E-state index contributed by atoms with van der Waals surface area (Å²) in [5.41, 5.74) is 2.48. The maximum Gasteiger partial charge on any atom is 0.328 e. The Hall–Kier alpha value is -4.66. The van der Waals surface area contributed by atoms with Gasteiger partial charge in [0.1, 0.15) is 23.6 Å². The molecule has 1 fully saturated rings. The van der Waals surface area contributed by atoms with Crippen LogP contribution in [0.3, 0.4) is 0 Å². The maximum absolute atomic E-state index is 13.3. The molecule has 9 nitrogen and oxygen atoms in total. The average molecular weight is 618 g/mol. The van der Waals surface area contributed by atoms with Crippen LogP contribution in [-0.4, -0.2) is 68.0 Å². The number of carbonyl (C=O) groups is 4. The first-order valence-electron chi connectivity index (χ1n) is 14.9. The number of rotatable bonds is 16. The first-order chi connectivity index (χ1) is 21.4. The molecule has 3 aromatic carbocycles. The molecule has 0 spiro atoms. The molecular formula is C36H43NO8. The zero-order valence-corrected chi connectivity index (χ0v) is 25.2. The number of aryl methyl sites for hydroxylation is 2. The number of carbonyl (C=O) groups excluding carboxylic acids is 4. The number of Topliss-reactive ketones (excluding diaryl/α,β-unsaturated/α-hetero) is 1. The number of likely N-dealkylation sites (tertiary alicyclic amines) is 1. The number of methoxy groups -OCH3 is 2. The van der Waals surface area contributed by atoms with Crippen LogP contribution in [0.25, 0.3) is 0 Å². The molecule has 0 bridgehead atoms. The minimum atomic E-state index is -1.02. The third-order valence-electron chi connectivity index (χ3n) is 7.65. The maximum atomic E-state index is 13.3. The third kappa shape index (κ3) is 9.66. The molecule has 4 rings (SSSR count). The zero-order valence-electron chi connectivity index (χ0n) is 25.2. The van der Waals surface area contributed by atoms with Crippen molar-refractivity contribution in [3.05, 3.63) is 95.6 Å². The van der Waals surface area contributed by atoms with Crippen LogP contribution >= 0.6 is 0 Å². The van der Waals surface area contributed by atoms with Gasteiger partial charge in [0, 0.05) is 12.0 Å². The summed E-state index contributed by atoms with van der Waals surface area (Å²) in [6, 6.07) is 21.6. The summed E-state index contributed by atoms with van der Waals surface area (Å²) in [5.74, 6) is -1.40. The van der Waals surface area contributed by atoms with Crippen LogP contribution in [0.1, 0.15) is 61.0 Å². The van der Waals surface area contributed by atoms with E-state index in [-0.39, 0.29) is 32.6 Å². The Balaban J connectivity index is 0.00000552. The molecule has 0 unspecified atom stereocenters. The van der Waals surface area contributed by atoms with E-state index in [1.807, 2.05) is 48.5 Å². The number of amides is 1. The predicted octanol–water partition coefficient (Wildman–Crippen LogP) is 5.62. The summed E-state index contributed by atoms with van der Waals surface area (Å²) in [6.45, 7) is 0.340. The number of hydrogen-bond donors (Lipinski definition) is 0. The van der Waals surface area contributed by atoms with E-state index in [0.717, 1.165) is 53.2 Å². The van der Waals surface area contributed by atoms with E-state index >= 15 is 0 Å². The van der Waals surface area contributed by atoms with Gasteiger partial charge in [0.25, 0.3) is 5.91 Å². The normalized spacial score (nSPS) is 15.2. The first-order valence-corrected chi connectivity index (χ1v) is 14.9. The summed E-state index contributed by atoms with van der Waals surface area (Å²) < 4.78 is 21.3. The Labute approximate surface area is 265 Å².